The van der Waals surface area contributed by atoms with Crippen LogP contribution in [0.25, 0.3) is 0 Å². The van der Waals surface area contributed by atoms with Crippen molar-refractivity contribution in [1.29, 1.82) is 10.5 Å². The van der Waals surface area contributed by atoms with Crippen LogP contribution in [-0.4, -0.2) is 0 Å². The highest BCUT2D eigenvalue weighted by molar-refractivity contribution is 5.33. The number of rotatable bonds is 4. The normalized spacial score (nSPS) is 22.3. The predicted molar refractivity (Wildman–Crippen MR) is 79.9 cm³/mol. The van der Waals surface area contributed by atoms with Crippen LogP contribution in [0.15, 0.2) is 36.2 Å². The number of halogens is 1. The van der Waals surface area contributed by atoms with E-state index in [-0.39, 0.29) is 0 Å². The number of allylic oxidation sites excluding steroid dienone is 2. The molecule has 1 aromatic rings. The van der Waals surface area contributed by atoms with Gasteiger partial charge in [-0.1, -0.05) is 12.1 Å². The van der Waals surface area contributed by atoms with Crippen LogP contribution in [0.4, 0.5) is 4.39 Å². The standard InChI is InChI=1S/C18H19FN2/c19-18(13-21)3-1-2-14-4-8-16(9-5-14)17-10-6-15(12-20)7-11-17/h3,6-7,10-11,14,16H,1-2,4-5,8-9H2/t14-,16-. The molecule has 21 heavy (non-hydrogen) atoms. The van der Waals surface area contributed by atoms with Crippen molar-refractivity contribution in [2.24, 2.45) is 5.92 Å². The van der Waals surface area contributed by atoms with Crippen molar-refractivity contribution in [2.45, 2.75) is 44.4 Å². The lowest BCUT2D eigenvalue weighted by Gasteiger charge is -2.28. The number of benzene rings is 1. The Hall–Kier alpha value is -2.13. The summed E-state index contributed by atoms with van der Waals surface area (Å²) in [5.41, 5.74) is 2.03. The van der Waals surface area contributed by atoms with Gasteiger partial charge in [0, 0.05) is 0 Å². The minimum atomic E-state index is -0.665. The molecule has 1 fully saturated rings. The molecule has 0 N–H and O–H groups in total. The SMILES string of the molecule is N#CC(F)=CCC[C@H]1CC[C@H](c2ccc(C#N)cc2)CC1. The summed E-state index contributed by atoms with van der Waals surface area (Å²) in [4.78, 5) is 0. The van der Waals surface area contributed by atoms with Crippen LogP contribution in [0.2, 0.25) is 0 Å². The van der Waals surface area contributed by atoms with Gasteiger partial charge in [-0.15, -0.1) is 0 Å². The highest BCUT2D eigenvalue weighted by atomic mass is 19.1. The lowest BCUT2D eigenvalue weighted by atomic mass is 9.77. The third-order valence-electron chi connectivity index (χ3n) is 4.36. The molecule has 3 heteroatoms. The third kappa shape index (κ3) is 4.43. The fraction of sp³-hybridized carbons (Fsp3) is 0.444. The average Bonchev–Trinajstić information content (AvgIpc) is 2.55. The van der Waals surface area contributed by atoms with E-state index in [1.807, 2.05) is 12.1 Å². The van der Waals surface area contributed by atoms with Crippen LogP contribution in [0.1, 0.15) is 55.6 Å². The minimum Gasteiger partial charge on any atom is -0.195 e. The van der Waals surface area contributed by atoms with Crippen LogP contribution >= 0.6 is 0 Å². The maximum absolute atomic E-state index is 12.7. The summed E-state index contributed by atoms with van der Waals surface area (Å²) in [5.74, 6) is 0.559. The Balaban J connectivity index is 1.80. The molecule has 0 atom stereocenters. The molecule has 0 aromatic heterocycles. The van der Waals surface area contributed by atoms with Gasteiger partial charge in [0.05, 0.1) is 11.6 Å². The van der Waals surface area contributed by atoms with Gasteiger partial charge >= 0.3 is 0 Å². The van der Waals surface area contributed by atoms with E-state index in [1.165, 1.54) is 17.7 Å². The first kappa shape index (κ1) is 15.3. The molecular formula is C18H19FN2. The van der Waals surface area contributed by atoms with Gasteiger partial charge in [-0.2, -0.15) is 14.9 Å². The molecule has 2 nitrogen and oxygen atoms in total. The van der Waals surface area contributed by atoms with Gasteiger partial charge in [0.2, 0.25) is 0 Å². The topological polar surface area (TPSA) is 47.6 Å². The van der Waals surface area contributed by atoms with E-state index < -0.39 is 5.83 Å². The zero-order valence-corrected chi connectivity index (χ0v) is 12.1. The largest absolute Gasteiger partial charge is 0.196 e. The third-order valence-corrected chi connectivity index (χ3v) is 4.36. The molecule has 0 radical (unpaired) electrons. The van der Waals surface area contributed by atoms with Crippen molar-refractivity contribution >= 4 is 0 Å². The average molecular weight is 282 g/mol. The molecule has 1 aliphatic carbocycles. The van der Waals surface area contributed by atoms with Crippen molar-refractivity contribution in [3.8, 4) is 12.1 Å². The van der Waals surface area contributed by atoms with E-state index in [2.05, 4.69) is 18.2 Å². The van der Waals surface area contributed by atoms with Crippen LogP contribution in [0.5, 0.6) is 0 Å². The molecule has 1 aromatic carbocycles. The van der Waals surface area contributed by atoms with Crippen molar-refractivity contribution in [3.05, 3.63) is 47.3 Å². The van der Waals surface area contributed by atoms with Gasteiger partial charge in [-0.25, -0.2) is 0 Å². The maximum Gasteiger partial charge on any atom is 0.196 e. The Morgan fingerprint density at radius 2 is 1.81 bits per heavy atom. The highest BCUT2D eigenvalue weighted by Crippen LogP contribution is 2.37. The van der Waals surface area contributed by atoms with Crippen LogP contribution in [-0.2, 0) is 0 Å². The highest BCUT2D eigenvalue weighted by Gasteiger charge is 2.21. The number of nitriles is 2. The molecule has 0 spiro atoms. The van der Waals surface area contributed by atoms with Gasteiger partial charge in [-0.3, -0.25) is 0 Å². The molecule has 0 bridgehead atoms. The summed E-state index contributed by atoms with van der Waals surface area (Å²) >= 11 is 0. The van der Waals surface area contributed by atoms with E-state index in [4.69, 9.17) is 10.5 Å². The zero-order chi connectivity index (χ0) is 15.1. The second kappa shape index (κ2) is 7.60. The minimum absolute atomic E-state index is 0.584. The van der Waals surface area contributed by atoms with Crippen molar-refractivity contribution in [3.63, 3.8) is 0 Å². The predicted octanol–water partition coefficient (Wildman–Crippen LogP) is 4.99. The Kier molecular flexibility index (Phi) is 5.52. The second-order valence-corrected chi connectivity index (χ2v) is 5.69. The molecule has 0 heterocycles. The molecule has 1 saturated carbocycles. The summed E-state index contributed by atoms with van der Waals surface area (Å²) < 4.78 is 12.7. The van der Waals surface area contributed by atoms with E-state index >= 15 is 0 Å². The first-order valence-corrected chi connectivity index (χ1v) is 7.48. The number of hydrogen-bond donors (Lipinski definition) is 0. The van der Waals surface area contributed by atoms with Crippen LogP contribution < -0.4 is 0 Å². The van der Waals surface area contributed by atoms with Gasteiger partial charge in [0.1, 0.15) is 6.07 Å². The van der Waals surface area contributed by atoms with Gasteiger partial charge < -0.3 is 0 Å². The van der Waals surface area contributed by atoms with Crippen LogP contribution in [0, 0.1) is 28.6 Å². The molecule has 2 rings (SSSR count). The lowest BCUT2D eigenvalue weighted by Crippen LogP contribution is -2.13. The smallest absolute Gasteiger partial charge is 0.195 e. The quantitative estimate of drug-likeness (QED) is 0.730. The molecule has 1 aliphatic rings. The van der Waals surface area contributed by atoms with E-state index in [0.29, 0.717) is 23.8 Å². The first-order valence-electron chi connectivity index (χ1n) is 7.48. The maximum atomic E-state index is 12.7. The first-order chi connectivity index (χ1) is 10.2. The Morgan fingerprint density at radius 3 is 2.38 bits per heavy atom. The zero-order valence-electron chi connectivity index (χ0n) is 12.1. The Labute approximate surface area is 125 Å². The number of hydrogen-bond acceptors (Lipinski definition) is 2. The van der Waals surface area contributed by atoms with Gasteiger partial charge in [0.25, 0.3) is 0 Å². The summed E-state index contributed by atoms with van der Waals surface area (Å²) in [6, 6.07) is 11.6. The van der Waals surface area contributed by atoms with Crippen molar-refractivity contribution in [2.75, 3.05) is 0 Å². The monoisotopic (exact) mass is 282 g/mol. The molecule has 0 aliphatic heterocycles. The van der Waals surface area contributed by atoms with Crippen LogP contribution in [0.3, 0.4) is 0 Å². The van der Waals surface area contributed by atoms with E-state index in [9.17, 15) is 4.39 Å². The molecule has 0 unspecified atom stereocenters. The fourth-order valence-corrected chi connectivity index (χ4v) is 3.11. The van der Waals surface area contributed by atoms with Gasteiger partial charge in [-0.05, 0) is 74.1 Å². The Bertz CT molecular complexity index is 567. The lowest BCUT2D eigenvalue weighted by molar-refractivity contribution is 0.311. The summed E-state index contributed by atoms with van der Waals surface area (Å²) in [5, 5.41) is 17.2. The van der Waals surface area contributed by atoms with Crippen molar-refractivity contribution < 1.29 is 4.39 Å². The molecule has 108 valence electrons. The summed E-state index contributed by atoms with van der Waals surface area (Å²) in [7, 11) is 0. The van der Waals surface area contributed by atoms with Gasteiger partial charge in [0.15, 0.2) is 5.83 Å². The molecule has 0 amide bonds. The Morgan fingerprint density at radius 1 is 1.14 bits per heavy atom. The molecule has 0 saturated heterocycles. The number of nitrogens with zero attached hydrogens (tertiary/aromatic N) is 2. The summed E-state index contributed by atoms with van der Waals surface area (Å²) in [6.07, 6.45) is 7.65. The van der Waals surface area contributed by atoms with E-state index in [1.54, 1.807) is 0 Å². The summed E-state index contributed by atoms with van der Waals surface area (Å²) in [6.45, 7) is 0. The molecular weight excluding hydrogens is 263 g/mol. The fourth-order valence-electron chi connectivity index (χ4n) is 3.11. The second-order valence-electron chi connectivity index (χ2n) is 5.69. The van der Waals surface area contributed by atoms with E-state index in [0.717, 1.165) is 32.1 Å². The van der Waals surface area contributed by atoms with Crippen molar-refractivity contribution in [1.82, 2.24) is 0 Å².